The molecule has 1 rings (SSSR count). The van der Waals surface area contributed by atoms with Crippen molar-refractivity contribution in [1.82, 2.24) is 5.32 Å². The summed E-state index contributed by atoms with van der Waals surface area (Å²) in [6, 6.07) is 3.14. The van der Waals surface area contributed by atoms with Crippen LogP contribution in [0.5, 0.6) is 0 Å². The molecule has 6 heteroatoms. The van der Waals surface area contributed by atoms with Crippen LogP contribution in [0.15, 0.2) is 12.1 Å². The summed E-state index contributed by atoms with van der Waals surface area (Å²) >= 11 is 7.19. The van der Waals surface area contributed by atoms with Crippen LogP contribution in [0.1, 0.15) is 18.2 Å². The Hall–Kier alpha value is -0.260. The molecule has 0 spiro atoms. The van der Waals surface area contributed by atoms with Crippen LogP contribution in [-0.4, -0.2) is 18.8 Å². The summed E-state index contributed by atoms with van der Waals surface area (Å²) in [5, 5.41) is 2.84. The van der Waals surface area contributed by atoms with E-state index < -0.39 is 18.6 Å². The SMILES string of the molecule is CC(CC(F)(F)F)NCCc1ccc(Cl)s1. The fourth-order valence-electron chi connectivity index (χ4n) is 1.35. The minimum Gasteiger partial charge on any atom is -0.314 e. The fraction of sp³-hybridized carbons (Fsp3) is 0.600. The Morgan fingerprint density at radius 2 is 2.12 bits per heavy atom. The average Bonchev–Trinajstić information content (AvgIpc) is 2.48. The van der Waals surface area contributed by atoms with E-state index in [1.807, 2.05) is 6.07 Å². The van der Waals surface area contributed by atoms with Crippen LogP contribution >= 0.6 is 22.9 Å². The van der Waals surface area contributed by atoms with Gasteiger partial charge >= 0.3 is 6.18 Å². The van der Waals surface area contributed by atoms with Gasteiger partial charge in [-0.2, -0.15) is 13.2 Å². The lowest BCUT2D eigenvalue weighted by Crippen LogP contribution is -2.32. The first-order valence-corrected chi connectivity index (χ1v) is 6.10. The van der Waals surface area contributed by atoms with E-state index in [0.717, 1.165) is 4.88 Å². The van der Waals surface area contributed by atoms with Gasteiger partial charge in [-0.05, 0) is 25.5 Å². The van der Waals surface area contributed by atoms with Crippen LogP contribution in [0.25, 0.3) is 0 Å². The summed E-state index contributed by atoms with van der Waals surface area (Å²) in [6.45, 7) is 2.07. The van der Waals surface area contributed by atoms with Gasteiger partial charge in [-0.3, -0.25) is 0 Å². The Kier molecular flexibility index (Phi) is 5.08. The summed E-state index contributed by atoms with van der Waals surface area (Å²) in [6.07, 6.45) is -4.18. The molecule has 0 bridgehead atoms. The van der Waals surface area contributed by atoms with Gasteiger partial charge in [-0.1, -0.05) is 11.6 Å². The van der Waals surface area contributed by atoms with E-state index in [-0.39, 0.29) is 0 Å². The van der Waals surface area contributed by atoms with E-state index in [1.54, 1.807) is 6.07 Å². The minimum absolute atomic E-state index is 0.536. The molecule has 0 saturated heterocycles. The van der Waals surface area contributed by atoms with Crippen LogP contribution in [0.4, 0.5) is 13.2 Å². The quantitative estimate of drug-likeness (QED) is 0.857. The highest BCUT2D eigenvalue weighted by Gasteiger charge is 2.29. The molecule has 0 fully saturated rings. The second kappa shape index (κ2) is 5.89. The first-order valence-electron chi connectivity index (χ1n) is 4.91. The Morgan fingerprint density at radius 3 is 2.62 bits per heavy atom. The minimum atomic E-state index is -4.10. The molecule has 16 heavy (non-hydrogen) atoms. The molecule has 1 aromatic rings. The maximum absolute atomic E-state index is 12.0. The molecule has 1 aromatic heterocycles. The van der Waals surface area contributed by atoms with Crippen LogP contribution in [0.3, 0.4) is 0 Å². The van der Waals surface area contributed by atoms with Crippen molar-refractivity contribution in [2.45, 2.75) is 32.0 Å². The number of alkyl halides is 3. The molecule has 92 valence electrons. The second-order valence-electron chi connectivity index (χ2n) is 3.63. The van der Waals surface area contributed by atoms with Crippen molar-refractivity contribution >= 4 is 22.9 Å². The smallest absolute Gasteiger partial charge is 0.314 e. The lowest BCUT2D eigenvalue weighted by Gasteiger charge is -2.15. The number of halogens is 4. The zero-order valence-electron chi connectivity index (χ0n) is 8.77. The average molecular weight is 272 g/mol. The van der Waals surface area contributed by atoms with E-state index in [9.17, 15) is 13.2 Å². The van der Waals surface area contributed by atoms with Gasteiger partial charge in [0.15, 0.2) is 0 Å². The normalized spacial score (nSPS) is 14.1. The van der Waals surface area contributed by atoms with Crippen molar-refractivity contribution in [2.24, 2.45) is 0 Å². The van der Waals surface area contributed by atoms with Gasteiger partial charge < -0.3 is 5.32 Å². The molecule has 1 heterocycles. The van der Waals surface area contributed by atoms with Gasteiger partial charge in [-0.15, -0.1) is 11.3 Å². The predicted molar refractivity (Wildman–Crippen MR) is 61.2 cm³/mol. The lowest BCUT2D eigenvalue weighted by molar-refractivity contribution is -0.138. The van der Waals surface area contributed by atoms with Crippen molar-refractivity contribution in [2.75, 3.05) is 6.54 Å². The number of nitrogens with one attached hydrogen (secondary N) is 1. The van der Waals surface area contributed by atoms with Crippen molar-refractivity contribution in [3.63, 3.8) is 0 Å². The molecule has 0 aliphatic heterocycles. The topological polar surface area (TPSA) is 12.0 Å². The van der Waals surface area contributed by atoms with Gasteiger partial charge in [0.2, 0.25) is 0 Å². The fourth-order valence-corrected chi connectivity index (χ4v) is 2.43. The number of rotatable bonds is 5. The highest BCUT2D eigenvalue weighted by molar-refractivity contribution is 7.16. The lowest BCUT2D eigenvalue weighted by atomic mass is 10.2. The molecular weight excluding hydrogens is 259 g/mol. The van der Waals surface area contributed by atoms with Crippen LogP contribution in [0.2, 0.25) is 4.34 Å². The molecule has 0 aromatic carbocycles. The van der Waals surface area contributed by atoms with E-state index in [4.69, 9.17) is 11.6 Å². The Balaban J connectivity index is 2.20. The number of hydrogen-bond acceptors (Lipinski definition) is 2. The molecule has 0 aliphatic carbocycles. The van der Waals surface area contributed by atoms with Crippen LogP contribution in [-0.2, 0) is 6.42 Å². The molecule has 1 unspecified atom stereocenters. The van der Waals surface area contributed by atoms with Gasteiger partial charge in [0.1, 0.15) is 0 Å². The van der Waals surface area contributed by atoms with E-state index >= 15 is 0 Å². The Labute approximate surface area is 102 Å². The van der Waals surface area contributed by atoms with E-state index in [0.29, 0.717) is 17.3 Å². The maximum atomic E-state index is 12.0. The highest BCUT2D eigenvalue weighted by Crippen LogP contribution is 2.22. The third-order valence-corrected chi connectivity index (χ3v) is 3.32. The third-order valence-electron chi connectivity index (χ3n) is 2.03. The Morgan fingerprint density at radius 1 is 1.44 bits per heavy atom. The van der Waals surface area contributed by atoms with Gasteiger partial charge in [0.05, 0.1) is 10.8 Å². The van der Waals surface area contributed by atoms with Crippen LogP contribution in [0, 0.1) is 0 Å². The maximum Gasteiger partial charge on any atom is 0.390 e. The monoisotopic (exact) mass is 271 g/mol. The summed E-state index contributed by atoms with van der Waals surface area (Å²) in [4.78, 5) is 1.08. The van der Waals surface area contributed by atoms with E-state index in [2.05, 4.69) is 5.32 Å². The standard InChI is InChI=1S/C10H13ClF3NS/c1-7(6-10(12,13)14)15-5-4-8-2-3-9(11)16-8/h2-3,7,15H,4-6H2,1H3. The third kappa shape index (κ3) is 5.72. The number of hydrogen-bond donors (Lipinski definition) is 1. The molecule has 0 radical (unpaired) electrons. The first kappa shape index (κ1) is 13.8. The summed E-state index contributed by atoms with van der Waals surface area (Å²) < 4.78 is 36.7. The molecule has 1 N–H and O–H groups in total. The van der Waals surface area contributed by atoms with Crippen molar-refractivity contribution in [3.8, 4) is 0 Å². The predicted octanol–water partition coefficient (Wildman–Crippen LogP) is 3.87. The highest BCUT2D eigenvalue weighted by atomic mass is 35.5. The zero-order valence-corrected chi connectivity index (χ0v) is 10.3. The second-order valence-corrected chi connectivity index (χ2v) is 5.43. The van der Waals surface area contributed by atoms with Crippen molar-refractivity contribution < 1.29 is 13.2 Å². The van der Waals surface area contributed by atoms with Crippen LogP contribution < -0.4 is 5.32 Å². The molecule has 1 nitrogen and oxygen atoms in total. The first-order chi connectivity index (χ1) is 7.37. The molecule has 0 amide bonds. The summed E-state index contributed by atoms with van der Waals surface area (Å²) in [7, 11) is 0. The summed E-state index contributed by atoms with van der Waals surface area (Å²) in [5.74, 6) is 0. The van der Waals surface area contributed by atoms with E-state index in [1.165, 1.54) is 18.3 Å². The zero-order chi connectivity index (χ0) is 12.2. The molecule has 1 atom stereocenters. The van der Waals surface area contributed by atoms with Gasteiger partial charge in [0.25, 0.3) is 0 Å². The molecule has 0 saturated carbocycles. The van der Waals surface area contributed by atoms with Gasteiger partial charge in [-0.25, -0.2) is 0 Å². The van der Waals surface area contributed by atoms with Gasteiger partial charge in [0, 0.05) is 17.5 Å². The molecule has 0 aliphatic rings. The van der Waals surface area contributed by atoms with Crippen molar-refractivity contribution in [1.29, 1.82) is 0 Å². The Bertz CT molecular complexity index is 324. The van der Waals surface area contributed by atoms with Crippen molar-refractivity contribution in [3.05, 3.63) is 21.3 Å². The number of thiophene rings is 1. The molecular formula is C10H13ClF3NS. The largest absolute Gasteiger partial charge is 0.390 e. The summed E-state index contributed by atoms with van der Waals surface area (Å²) in [5.41, 5.74) is 0.